The third-order valence-electron chi connectivity index (χ3n) is 4.53. The summed E-state index contributed by atoms with van der Waals surface area (Å²) in [6.45, 7) is 17.5. The van der Waals surface area contributed by atoms with Gasteiger partial charge in [-0.15, -0.1) is 0 Å². The van der Waals surface area contributed by atoms with Gasteiger partial charge in [-0.25, -0.2) is 0 Å². The first-order chi connectivity index (χ1) is 14.2. The molecule has 0 saturated carbocycles. The van der Waals surface area contributed by atoms with Gasteiger partial charge in [-0.05, 0) is 49.4 Å². The van der Waals surface area contributed by atoms with Gasteiger partial charge >= 0.3 is 69.5 Å². The zero-order chi connectivity index (χ0) is 24.8. The summed E-state index contributed by atoms with van der Waals surface area (Å²) in [7, 11) is 0. The van der Waals surface area contributed by atoms with Crippen molar-refractivity contribution in [2.45, 2.75) is 141 Å². The van der Waals surface area contributed by atoms with Crippen LogP contribution in [0.2, 0.25) is 8.87 Å². The second kappa shape index (κ2) is 22.9. The Hall–Kier alpha value is -0.261. The Bertz CT molecular complexity index is 371. The Labute approximate surface area is 204 Å². The average Bonchev–Trinajstić information content (AvgIpc) is 2.62. The van der Waals surface area contributed by atoms with E-state index in [4.69, 9.17) is 0 Å². The molecule has 0 aromatic carbocycles. The minimum atomic E-state index is -0.932. The van der Waals surface area contributed by atoms with Gasteiger partial charge in [0.25, 0.3) is 0 Å². The van der Waals surface area contributed by atoms with E-state index >= 15 is 0 Å². The number of carboxylic acids is 2. The molecular weight excluding hydrogens is 495 g/mol. The van der Waals surface area contributed by atoms with E-state index < -0.39 is 11.9 Å². The van der Waals surface area contributed by atoms with E-state index in [2.05, 4.69) is 55.4 Å². The maximum absolute atomic E-state index is 10.0. The SMILES string of the molecule is CC(C)(C)CCCCC(=O)[O-].CC(C)(C)CCCCC(=O)[O-].CCC[CH2][Sn+2][CH2]CCC. The van der Waals surface area contributed by atoms with Crippen LogP contribution < -0.4 is 10.2 Å². The fraction of sp³-hybridized carbons (Fsp3) is 0.923. The molecule has 0 spiro atoms. The Morgan fingerprint density at radius 2 is 0.935 bits per heavy atom. The standard InChI is InChI=1S/2C9H18O2.2C4H9.Sn/c2*1-9(2,3)7-5-4-6-8(10)11;2*1-3-4-2;/h2*4-7H2,1-3H3,(H,10,11);2*1,3-4H2,2H3;/q;;;;+2/p-2. The van der Waals surface area contributed by atoms with Gasteiger partial charge in [-0.3, -0.25) is 0 Å². The molecule has 0 heterocycles. The molecule has 0 N–H and O–H groups in total. The zero-order valence-electron chi connectivity index (χ0n) is 22.0. The molecule has 31 heavy (non-hydrogen) atoms. The van der Waals surface area contributed by atoms with Gasteiger partial charge < -0.3 is 19.8 Å². The average molecular weight is 547 g/mol. The van der Waals surface area contributed by atoms with Gasteiger partial charge in [0.1, 0.15) is 0 Å². The summed E-state index contributed by atoms with van der Waals surface area (Å²) in [5, 5.41) is 20.0. The second-order valence-corrected chi connectivity index (χ2v) is 15.0. The Balaban J connectivity index is -0.000000382. The van der Waals surface area contributed by atoms with Gasteiger partial charge in [0.15, 0.2) is 0 Å². The summed E-state index contributed by atoms with van der Waals surface area (Å²) in [5.41, 5.74) is 0.651. The first-order valence-corrected chi connectivity index (χ1v) is 16.4. The van der Waals surface area contributed by atoms with Gasteiger partial charge in [0.05, 0.1) is 0 Å². The monoisotopic (exact) mass is 548 g/mol. The van der Waals surface area contributed by atoms with Crippen molar-refractivity contribution in [1.29, 1.82) is 0 Å². The molecule has 0 aliphatic carbocycles. The molecule has 5 heteroatoms. The summed E-state index contributed by atoms with van der Waals surface area (Å²) in [5.74, 6) is -1.86. The van der Waals surface area contributed by atoms with Crippen LogP contribution >= 0.6 is 0 Å². The molecule has 184 valence electrons. The van der Waals surface area contributed by atoms with E-state index in [-0.39, 0.29) is 34.0 Å². The van der Waals surface area contributed by atoms with Crippen LogP contribution in [0.1, 0.15) is 132 Å². The quantitative estimate of drug-likeness (QED) is 0.203. The number of aliphatic carboxylic acids is 2. The first-order valence-electron chi connectivity index (χ1n) is 12.4. The Morgan fingerprint density at radius 1 is 0.613 bits per heavy atom. The summed E-state index contributed by atoms with van der Waals surface area (Å²) in [6, 6.07) is 0. The fourth-order valence-corrected chi connectivity index (χ4v) is 6.74. The fourth-order valence-electron chi connectivity index (χ4n) is 2.58. The van der Waals surface area contributed by atoms with Crippen LogP contribution in [-0.2, 0) is 9.59 Å². The maximum atomic E-state index is 10.0. The number of unbranched alkanes of at least 4 members (excludes halogenated alkanes) is 4. The molecule has 0 aliphatic heterocycles. The van der Waals surface area contributed by atoms with E-state index in [1.165, 1.54) is 25.7 Å². The van der Waals surface area contributed by atoms with Gasteiger partial charge in [0.2, 0.25) is 0 Å². The van der Waals surface area contributed by atoms with Crippen LogP contribution in [0, 0.1) is 10.8 Å². The van der Waals surface area contributed by atoms with Crippen LogP contribution in [0.25, 0.3) is 0 Å². The Kier molecular flexibility index (Phi) is 26.1. The molecular formula is C26H52O4Sn. The molecule has 4 nitrogen and oxygen atoms in total. The molecule has 0 bridgehead atoms. The molecule has 0 aromatic heterocycles. The van der Waals surface area contributed by atoms with Crippen molar-refractivity contribution < 1.29 is 19.8 Å². The third kappa shape index (κ3) is 48.4. The summed E-state index contributed by atoms with van der Waals surface area (Å²) >= 11 is 0.149. The minimum absolute atomic E-state index is 0.149. The first kappa shape index (κ1) is 35.3. The van der Waals surface area contributed by atoms with Crippen LogP contribution in [0.3, 0.4) is 0 Å². The van der Waals surface area contributed by atoms with Crippen molar-refractivity contribution in [2.75, 3.05) is 0 Å². The summed E-state index contributed by atoms with van der Waals surface area (Å²) < 4.78 is 3.25. The molecule has 0 aromatic rings. The van der Waals surface area contributed by atoms with E-state index in [9.17, 15) is 19.8 Å². The van der Waals surface area contributed by atoms with Crippen molar-refractivity contribution in [2.24, 2.45) is 10.8 Å². The number of hydrogen-bond acceptors (Lipinski definition) is 4. The second-order valence-electron chi connectivity index (χ2n) is 10.7. The van der Waals surface area contributed by atoms with E-state index in [1.807, 2.05) is 0 Å². The van der Waals surface area contributed by atoms with Crippen molar-refractivity contribution in [3.8, 4) is 0 Å². The van der Waals surface area contributed by atoms with Crippen molar-refractivity contribution >= 4 is 33.1 Å². The van der Waals surface area contributed by atoms with Crippen molar-refractivity contribution in [3.05, 3.63) is 0 Å². The predicted molar refractivity (Wildman–Crippen MR) is 131 cm³/mol. The molecule has 0 aliphatic rings. The Morgan fingerprint density at radius 3 is 1.16 bits per heavy atom. The van der Waals surface area contributed by atoms with E-state index in [0.29, 0.717) is 10.8 Å². The number of carbonyl (C=O) groups excluding carboxylic acids is 2. The topological polar surface area (TPSA) is 80.3 Å². The molecule has 0 unspecified atom stereocenters. The number of rotatable bonds is 14. The van der Waals surface area contributed by atoms with Crippen LogP contribution in [-0.4, -0.2) is 33.1 Å². The summed E-state index contributed by atoms with van der Waals surface area (Å²) in [4.78, 5) is 20.0. The van der Waals surface area contributed by atoms with Crippen LogP contribution in [0.4, 0.5) is 0 Å². The van der Waals surface area contributed by atoms with E-state index in [0.717, 1.165) is 38.5 Å². The normalized spacial score (nSPS) is 10.8. The molecule has 0 rings (SSSR count). The van der Waals surface area contributed by atoms with Crippen LogP contribution in [0.5, 0.6) is 0 Å². The van der Waals surface area contributed by atoms with Crippen molar-refractivity contribution in [3.63, 3.8) is 0 Å². The van der Waals surface area contributed by atoms with E-state index in [1.54, 1.807) is 8.87 Å². The van der Waals surface area contributed by atoms with Gasteiger partial charge in [0, 0.05) is 11.9 Å². The van der Waals surface area contributed by atoms with Gasteiger partial charge in [-0.2, -0.15) is 0 Å². The van der Waals surface area contributed by atoms with Crippen LogP contribution in [0.15, 0.2) is 0 Å². The number of hydrogen-bond donors (Lipinski definition) is 0. The molecule has 0 fully saturated rings. The number of carbonyl (C=O) groups is 2. The van der Waals surface area contributed by atoms with Gasteiger partial charge in [-0.1, -0.05) is 54.4 Å². The number of carboxylic acid groups (broad SMARTS) is 2. The summed E-state index contributed by atoms with van der Waals surface area (Å²) in [6.07, 6.45) is 11.9. The molecule has 0 amide bonds. The van der Waals surface area contributed by atoms with Crippen molar-refractivity contribution in [1.82, 2.24) is 0 Å². The zero-order valence-corrected chi connectivity index (χ0v) is 24.9. The molecule has 0 saturated heterocycles. The third-order valence-corrected chi connectivity index (χ3v) is 8.57. The molecule has 0 atom stereocenters. The predicted octanol–water partition coefficient (Wildman–Crippen LogP) is 5.81. The molecule has 0 radical (unpaired) electrons.